The standard InChI is InChI=1S/C12H12N2OS/c1-8-11(9(2)15)16(12(13)14-8)10-6-4-3-5-7-10/h3-7H,1-2H3,(H-,13,14,15)/p+1. The quantitative estimate of drug-likeness (QED) is 0.641. The molecule has 2 aromatic rings. The Morgan fingerprint density at radius 2 is 1.94 bits per heavy atom. The third kappa shape index (κ3) is 1.72. The third-order valence-corrected chi connectivity index (χ3v) is 4.56. The molecule has 0 spiro atoms. The van der Waals surface area contributed by atoms with Gasteiger partial charge in [-0.3, -0.25) is 4.79 Å². The van der Waals surface area contributed by atoms with E-state index in [1.807, 2.05) is 37.3 Å². The smallest absolute Gasteiger partial charge is 0.339 e. The summed E-state index contributed by atoms with van der Waals surface area (Å²) in [5.41, 5.74) is 6.65. The van der Waals surface area contributed by atoms with Crippen molar-refractivity contribution in [2.24, 2.45) is 0 Å². The lowest BCUT2D eigenvalue weighted by molar-refractivity contribution is 0.102. The highest BCUT2D eigenvalue weighted by molar-refractivity contribution is 7.44. The van der Waals surface area contributed by atoms with Crippen LogP contribution in [0.5, 0.6) is 0 Å². The van der Waals surface area contributed by atoms with Gasteiger partial charge in [-0.2, -0.15) is 4.98 Å². The zero-order valence-electron chi connectivity index (χ0n) is 9.23. The summed E-state index contributed by atoms with van der Waals surface area (Å²) in [4.78, 5) is 17.6. The Kier molecular flexibility index (Phi) is 2.75. The Morgan fingerprint density at radius 3 is 2.50 bits per heavy atom. The van der Waals surface area contributed by atoms with Crippen LogP contribution in [0.3, 0.4) is 0 Å². The molecule has 0 saturated heterocycles. The van der Waals surface area contributed by atoms with Crippen LogP contribution in [0.15, 0.2) is 30.3 Å². The first-order valence-electron chi connectivity index (χ1n) is 4.96. The number of carbonyl (C=O) groups excluding carboxylic acids is 1. The Hall–Kier alpha value is -1.68. The molecule has 82 valence electrons. The monoisotopic (exact) mass is 233 g/mol. The van der Waals surface area contributed by atoms with Gasteiger partial charge in [-0.25, -0.2) is 0 Å². The number of ketones is 1. The Bertz CT molecular complexity index is 531. The predicted octanol–water partition coefficient (Wildman–Crippen LogP) is 2.91. The van der Waals surface area contributed by atoms with Gasteiger partial charge in [0.25, 0.3) is 0 Å². The number of aryl methyl sites for hydroxylation is 1. The number of Topliss-reactive ketones (excluding diaryl/α,β-unsaturated/α-hetero) is 1. The molecule has 16 heavy (non-hydrogen) atoms. The van der Waals surface area contributed by atoms with Crippen molar-refractivity contribution in [1.29, 1.82) is 0 Å². The van der Waals surface area contributed by atoms with Gasteiger partial charge in [0.2, 0.25) is 10.7 Å². The number of hydrogen-bond acceptors (Lipinski definition) is 3. The van der Waals surface area contributed by atoms with Crippen molar-refractivity contribution in [1.82, 2.24) is 4.98 Å². The van der Waals surface area contributed by atoms with Gasteiger partial charge >= 0.3 is 5.13 Å². The normalized spacial score (nSPS) is 11.5. The second kappa shape index (κ2) is 4.06. The van der Waals surface area contributed by atoms with Crippen LogP contribution in [0, 0.1) is 6.92 Å². The molecule has 0 radical (unpaired) electrons. The van der Waals surface area contributed by atoms with Crippen LogP contribution in [-0.4, -0.2) is 10.8 Å². The summed E-state index contributed by atoms with van der Waals surface area (Å²) in [6.07, 6.45) is 0. The molecular formula is C12H13N2OS+. The predicted molar refractivity (Wildman–Crippen MR) is 67.2 cm³/mol. The fourth-order valence-corrected chi connectivity index (χ4v) is 3.68. The third-order valence-electron chi connectivity index (χ3n) is 2.32. The van der Waals surface area contributed by atoms with E-state index < -0.39 is 10.5 Å². The molecule has 2 N–H and O–H groups in total. The summed E-state index contributed by atoms with van der Waals surface area (Å²) in [7, 11) is -0.476. The van der Waals surface area contributed by atoms with Crippen molar-refractivity contribution in [2.45, 2.75) is 13.8 Å². The van der Waals surface area contributed by atoms with Crippen molar-refractivity contribution < 1.29 is 4.79 Å². The lowest BCUT2D eigenvalue weighted by Crippen LogP contribution is -1.92. The van der Waals surface area contributed by atoms with Crippen LogP contribution in [0.2, 0.25) is 0 Å². The summed E-state index contributed by atoms with van der Waals surface area (Å²) >= 11 is 0. The number of anilines is 1. The van der Waals surface area contributed by atoms with Crippen molar-refractivity contribution in [2.75, 3.05) is 5.73 Å². The number of benzene rings is 1. The van der Waals surface area contributed by atoms with Crippen LogP contribution in [-0.2, 0) is 0 Å². The van der Waals surface area contributed by atoms with Crippen molar-refractivity contribution in [3.63, 3.8) is 0 Å². The van der Waals surface area contributed by atoms with E-state index in [-0.39, 0.29) is 5.78 Å². The van der Waals surface area contributed by atoms with Crippen LogP contribution in [0.25, 0.3) is 4.90 Å². The topological polar surface area (TPSA) is 56.0 Å². The summed E-state index contributed by atoms with van der Waals surface area (Å²) < 4.78 is 0. The highest BCUT2D eigenvalue weighted by Crippen LogP contribution is 2.41. The highest BCUT2D eigenvalue weighted by Gasteiger charge is 2.29. The van der Waals surface area contributed by atoms with Gasteiger partial charge in [-0.15, -0.1) is 0 Å². The number of carbonyl (C=O) groups is 1. The van der Waals surface area contributed by atoms with Gasteiger partial charge in [-0.05, 0) is 19.1 Å². The maximum Gasteiger partial charge on any atom is 0.343 e. The van der Waals surface area contributed by atoms with E-state index in [4.69, 9.17) is 5.73 Å². The molecule has 0 amide bonds. The van der Waals surface area contributed by atoms with Crippen molar-refractivity contribution in [3.05, 3.63) is 40.9 Å². The van der Waals surface area contributed by atoms with Crippen LogP contribution >= 0.6 is 10.5 Å². The molecule has 3 nitrogen and oxygen atoms in total. The molecule has 4 heteroatoms. The first kappa shape index (κ1) is 10.8. The van der Waals surface area contributed by atoms with Gasteiger partial charge in [0, 0.05) is 6.92 Å². The van der Waals surface area contributed by atoms with E-state index in [2.05, 4.69) is 4.98 Å². The van der Waals surface area contributed by atoms with E-state index in [1.54, 1.807) is 6.92 Å². The molecule has 0 aliphatic carbocycles. The first-order chi connectivity index (χ1) is 7.61. The number of nitrogens with two attached hydrogens (primary N) is 1. The highest BCUT2D eigenvalue weighted by atomic mass is 32.2. The maximum atomic E-state index is 11.6. The largest absolute Gasteiger partial charge is 0.343 e. The second-order valence-corrected chi connectivity index (χ2v) is 5.45. The number of aromatic nitrogens is 1. The summed E-state index contributed by atoms with van der Waals surface area (Å²) in [5, 5.41) is 0.536. The minimum absolute atomic E-state index is 0.0499. The number of rotatable bonds is 2. The molecule has 1 heterocycles. The molecule has 1 unspecified atom stereocenters. The molecule has 0 bridgehead atoms. The van der Waals surface area contributed by atoms with Gasteiger partial charge in [0.05, 0.1) is 10.5 Å². The molecule has 1 aromatic heterocycles. The van der Waals surface area contributed by atoms with Gasteiger partial charge in [0.15, 0.2) is 4.90 Å². The fraction of sp³-hybridized carbons (Fsp3) is 0.167. The van der Waals surface area contributed by atoms with E-state index in [0.717, 1.165) is 15.5 Å². The van der Waals surface area contributed by atoms with Gasteiger partial charge in [-0.1, -0.05) is 18.2 Å². The van der Waals surface area contributed by atoms with Gasteiger partial charge < -0.3 is 5.73 Å². The molecule has 1 aromatic carbocycles. The zero-order chi connectivity index (χ0) is 11.7. The summed E-state index contributed by atoms with van der Waals surface area (Å²) in [5.74, 6) is 0.0499. The molecule has 1 atom stereocenters. The van der Waals surface area contributed by atoms with E-state index in [0.29, 0.717) is 5.13 Å². The van der Waals surface area contributed by atoms with Crippen LogP contribution in [0.4, 0.5) is 5.13 Å². The maximum absolute atomic E-state index is 11.6. The minimum Gasteiger partial charge on any atom is -0.339 e. The Labute approximate surface area is 96.9 Å². The lowest BCUT2D eigenvalue weighted by Gasteiger charge is -1.92. The second-order valence-electron chi connectivity index (χ2n) is 3.54. The van der Waals surface area contributed by atoms with Gasteiger partial charge in [0.1, 0.15) is 5.69 Å². The Morgan fingerprint density at radius 1 is 1.31 bits per heavy atom. The number of thiazole rings is 1. The fourth-order valence-electron chi connectivity index (χ4n) is 1.71. The molecular weight excluding hydrogens is 220 g/mol. The van der Waals surface area contributed by atoms with E-state index >= 15 is 0 Å². The molecule has 2 rings (SSSR count). The average Bonchev–Trinajstić information content (AvgIpc) is 2.55. The average molecular weight is 233 g/mol. The van der Waals surface area contributed by atoms with Crippen LogP contribution in [0.1, 0.15) is 22.3 Å². The zero-order valence-corrected chi connectivity index (χ0v) is 10.0. The SMILES string of the molecule is CC(=O)c1c(C)nc(N)[s+]1-c1ccccc1. The lowest BCUT2D eigenvalue weighted by atomic mass is 10.3. The van der Waals surface area contributed by atoms with E-state index in [1.165, 1.54) is 0 Å². The molecule has 0 aliphatic rings. The molecule has 0 aliphatic heterocycles. The first-order valence-corrected chi connectivity index (χ1v) is 6.19. The number of nitrogens with zero attached hydrogens (tertiary/aromatic N) is 1. The minimum atomic E-state index is -0.476. The molecule has 0 saturated carbocycles. The Balaban J connectivity index is 2.69. The van der Waals surface area contributed by atoms with Crippen molar-refractivity contribution in [3.8, 4) is 4.90 Å². The summed E-state index contributed by atoms with van der Waals surface area (Å²) in [6, 6.07) is 9.79. The molecule has 0 fully saturated rings. The number of hydrogen-bond donors (Lipinski definition) is 1. The van der Waals surface area contributed by atoms with E-state index in [9.17, 15) is 4.79 Å². The number of nitrogen functional groups attached to an aromatic ring is 1. The van der Waals surface area contributed by atoms with Crippen molar-refractivity contribution >= 4 is 21.4 Å². The van der Waals surface area contributed by atoms with Crippen LogP contribution < -0.4 is 5.73 Å². The summed E-state index contributed by atoms with van der Waals surface area (Å²) in [6.45, 7) is 3.40.